The van der Waals surface area contributed by atoms with Gasteiger partial charge in [-0.3, -0.25) is 0 Å². The molecule has 2 aromatic rings. The van der Waals surface area contributed by atoms with E-state index in [2.05, 4.69) is 65.0 Å². The van der Waals surface area contributed by atoms with Crippen LogP contribution in [-0.2, 0) is 0 Å². The summed E-state index contributed by atoms with van der Waals surface area (Å²) in [6.07, 6.45) is 0. The second-order valence-corrected chi connectivity index (χ2v) is 4.54. The highest BCUT2D eigenvalue weighted by atomic mass is 79.9. The van der Waals surface area contributed by atoms with E-state index >= 15 is 0 Å². The molecule has 2 aromatic carbocycles. The number of halogens is 1. The first kappa shape index (κ1) is 8.93. The lowest BCUT2D eigenvalue weighted by atomic mass is 10.1. The summed E-state index contributed by atoms with van der Waals surface area (Å²) in [5, 5.41) is 0. The fourth-order valence-electron chi connectivity index (χ4n) is 2.16. The molecule has 0 saturated heterocycles. The molecule has 72 valence electrons. The first-order chi connectivity index (χ1) is 7.29. The van der Waals surface area contributed by atoms with Crippen molar-refractivity contribution in [3.05, 3.63) is 64.6 Å². The molecule has 0 amide bonds. The van der Waals surface area contributed by atoms with Gasteiger partial charge >= 0.3 is 0 Å². The Bertz CT molecular complexity index is 567. The highest BCUT2D eigenvalue weighted by molar-refractivity contribution is 9.10. The van der Waals surface area contributed by atoms with Crippen LogP contribution in [0.1, 0.15) is 11.1 Å². The van der Waals surface area contributed by atoms with E-state index < -0.39 is 0 Å². The Morgan fingerprint density at radius 1 is 0.800 bits per heavy atom. The fraction of sp³-hybridized carbons (Fsp3) is 0. The van der Waals surface area contributed by atoms with Gasteiger partial charge < -0.3 is 0 Å². The monoisotopic (exact) mass is 256 g/mol. The molecule has 0 bridgehead atoms. The lowest BCUT2D eigenvalue weighted by molar-refractivity contribution is 1.60. The number of benzene rings is 2. The van der Waals surface area contributed by atoms with Crippen LogP contribution < -0.4 is 0 Å². The highest BCUT2D eigenvalue weighted by Crippen LogP contribution is 2.46. The minimum absolute atomic E-state index is 1.13. The first-order valence-corrected chi connectivity index (χ1v) is 5.66. The van der Waals surface area contributed by atoms with Crippen LogP contribution in [0.2, 0.25) is 0 Å². The number of hydrogen-bond acceptors (Lipinski definition) is 0. The average Bonchev–Trinajstić information content (AvgIpc) is 2.55. The summed E-state index contributed by atoms with van der Waals surface area (Å²) in [6, 6.07) is 14.7. The topological polar surface area (TPSA) is 0 Å². The van der Waals surface area contributed by atoms with Crippen LogP contribution in [0.15, 0.2) is 53.5 Å². The maximum absolute atomic E-state index is 4.16. The van der Waals surface area contributed by atoms with Crippen molar-refractivity contribution in [2.75, 3.05) is 0 Å². The molecule has 0 atom stereocenters. The van der Waals surface area contributed by atoms with Gasteiger partial charge in [0.25, 0.3) is 0 Å². The van der Waals surface area contributed by atoms with Crippen LogP contribution in [0.5, 0.6) is 0 Å². The highest BCUT2D eigenvalue weighted by Gasteiger charge is 2.22. The number of hydrogen-bond donors (Lipinski definition) is 0. The summed E-state index contributed by atoms with van der Waals surface area (Å²) < 4.78 is 1.14. The van der Waals surface area contributed by atoms with Crippen LogP contribution in [0.4, 0.5) is 0 Å². The van der Waals surface area contributed by atoms with Gasteiger partial charge in [-0.2, -0.15) is 0 Å². The maximum atomic E-state index is 4.16. The minimum atomic E-state index is 1.13. The van der Waals surface area contributed by atoms with Crippen LogP contribution >= 0.6 is 15.9 Å². The molecule has 0 unspecified atom stereocenters. The lowest BCUT2D eigenvalue weighted by Gasteiger charge is -2.02. The summed E-state index contributed by atoms with van der Waals surface area (Å²) in [5.41, 5.74) is 6.18. The molecule has 0 fully saturated rings. The zero-order valence-corrected chi connectivity index (χ0v) is 9.71. The van der Waals surface area contributed by atoms with Crippen molar-refractivity contribution >= 4 is 21.5 Å². The van der Waals surface area contributed by atoms with Crippen LogP contribution in [0.25, 0.3) is 16.7 Å². The zero-order chi connectivity index (χ0) is 10.4. The zero-order valence-electron chi connectivity index (χ0n) is 8.13. The van der Waals surface area contributed by atoms with Gasteiger partial charge in [0.05, 0.1) is 0 Å². The summed E-state index contributed by atoms with van der Waals surface area (Å²) in [7, 11) is 0. The second kappa shape index (κ2) is 3.07. The molecule has 1 heteroatoms. The Morgan fingerprint density at radius 3 is 2.27 bits per heavy atom. The second-order valence-electron chi connectivity index (χ2n) is 3.69. The summed E-state index contributed by atoms with van der Waals surface area (Å²) in [6.45, 7) is 4.16. The quantitative estimate of drug-likeness (QED) is 0.556. The molecule has 1 aliphatic carbocycles. The van der Waals surface area contributed by atoms with Gasteiger partial charge in [-0.1, -0.05) is 58.9 Å². The van der Waals surface area contributed by atoms with Crippen LogP contribution in [0, 0.1) is 0 Å². The van der Waals surface area contributed by atoms with Gasteiger partial charge in [-0.15, -0.1) is 0 Å². The largest absolute Gasteiger partial charge is 0.0905 e. The molecule has 0 spiro atoms. The predicted molar refractivity (Wildman–Crippen MR) is 67.7 cm³/mol. The average molecular weight is 257 g/mol. The van der Waals surface area contributed by atoms with E-state index in [0.29, 0.717) is 0 Å². The Balaban J connectivity index is 2.45. The molecule has 0 N–H and O–H groups in total. The molecule has 0 heterocycles. The molecule has 0 aromatic heterocycles. The molecule has 0 saturated carbocycles. The van der Waals surface area contributed by atoms with Gasteiger partial charge in [-0.25, -0.2) is 0 Å². The van der Waals surface area contributed by atoms with Crippen LogP contribution in [-0.4, -0.2) is 0 Å². The van der Waals surface area contributed by atoms with Crippen molar-refractivity contribution < 1.29 is 0 Å². The van der Waals surface area contributed by atoms with Gasteiger partial charge in [0.2, 0.25) is 0 Å². The van der Waals surface area contributed by atoms with Gasteiger partial charge in [0.15, 0.2) is 0 Å². The molecular formula is C14H9Br. The number of rotatable bonds is 0. The molecule has 0 radical (unpaired) electrons. The summed E-state index contributed by atoms with van der Waals surface area (Å²) in [5.74, 6) is 0. The van der Waals surface area contributed by atoms with E-state index in [4.69, 9.17) is 0 Å². The third kappa shape index (κ3) is 1.13. The van der Waals surface area contributed by atoms with E-state index in [1.165, 1.54) is 22.3 Å². The molecule has 0 nitrogen and oxygen atoms in total. The Hall–Kier alpha value is -1.34. The van der Waals surface area contributed by atoms with E-state index in [1.54, 1.807) is 0 Å². The van der Waals surface area contributed by atoms with E-state index in [-0.39, 0.29) is 0 Å². The third-order valence-corrected chi connectivity index (χ3v) is 3.52. The Kier molecular flexibility index (Phi) is 1.83. The molecule has 1 aliphatic rings. The molecule has 3 rings (SSSR count). The van der Waals surface area contributed by atoms with Crippen molar-refractivity contribution in [1.29, 1.82) is 0 Å². The van der Waals surface area contributed by atoms with Crippen molar-refractivity contribution in [1.82, 2.24) is 0 Å². The van der Waals surface area contributed by atoms with Crippen molar-refractivity contribution in [3.8, 4) is 11.1 Å². The first-order valence-electron chi connectivity index (χ1n) is 4.86. The van der Waals surface area contributed by atoms with E-state index in [0.717, 1.165) is 10.0 Å². The minimum Gasteiger partial charge on any atom is -0.0905 e. The molecule has 0 aliphatic heterocycles. The SMILES string of the molecule is C=C1c2ccccc2-c2c(Br)cccc21. The Morgan fingerprint density at radius 2 is 1.47 bits per heavy atom. The third-order valence-electron chi connectivity index (χ3n) is 2.86. The van der Waals surface area contributed by atoms with Crippen molar-refractivity contribution in [3.63, 3.8) is 0 Å². The summed E-state index contributed by atoms with van der Waals surface area (Å²) in [4.78, 5) is 0. The fourth-order valence-corrected chi connectivity index (χ4v) is 2.74. The van der Waals surface area contributed by atoms with E-state index in [9.17, 15) is 0 Å². The van der Waals surface area contributed by atoms with Gasteiger partial charge in [0.1, 0.15) is 0 Å². The normalized spacial score (nSPS) is 12.5. The lowest BCUT2D eigenvalue weighted by Crippen LogP contribution is -1.78. The predicted octanol–water partition coefficient (Wildman–Crippen LogP) is 4.49. The van der Waals surface area contributed by atoms with Crippen molar-refractivity contribution in [2.45, 2.75) is 0 Å². The number of fused-ring (bicyclic) bond motifs is 3. The Labute approximate surface area is 97.4 Å². The maximum Gasteiger partial charge on any atom is 0.0260 e. The molecule has 15 heavy (non-hydrogen) atoms. The van der Waals surface area contributed by atoms with Crippen LogP contribution in [0.3, 0.4) is 0 Å². The van der Waals surface area contributed by atoms with E-state index in [1.807, 2.05) is 0 Å². The summed E-state index contributed by atoms with van der Waals surface area (Å²) >= 11 is 3.60. The smallest absolute Gasteiger partial charge is 0.0260 e. The standard InChI is InChI=1S/C14H9Br/c1-9-10-5-2-3-6-12(10)14-11(9)7-4-8-13(14)15/h2-8H,1H2. The van der Waals surface area contributed by atoms with Crippen molar-refractivity contribution in [2.24, 2.45) is 0 Å². The van der Waals surface area contributed by atoms with Gasteiger partial charge in [-0.05, 0) is 28.3 Å². The van der Waals surface area contributed by atoms with Gasteiger partial charge in [0, 0.05) is 10.0 Å². The molecular weight excluding hydrogens is 248 g/mol.